The molecule has 1 aromatic rings. The Morgan fingerprint density at radius 3 is 2.16 bits per heavy atom. The van der Waals surface area contributed by atoms with E-state index in [1.54, 1.807) is 28.3 Å². The van der Waals surface area contributed by atoms with Crippen LogP contribution in [-0.4, -0.2) is 32.7 Å². The highest BCUT2D eigenvalue weighted by molar-refractivity contribution is 5.43. The van der Waals surface area contributed by atoms with Crippen molar-refractivity contribution >= 4 is 0 Å². The average Bonchev–Trinajstić information content (AvgIpc) is 2.37. The first kappa shape index (κ1) is 16.0. The Hall–Kier alpha value is -1.10. The molecule has 0 amide bonds. The van der Waals surface area contributed by atoms with Crippen LogP contribution in [0.5, 0.6) is 5.75 Å². The van der Waals surface area contributed by atoms with E-state index in [0.717, 1.165) is 22.4 Å². The second-order valence-electron chi connectivity index (χ2n) is 5.02. The number of aryl methyl sites for hydroxylation is 2. The maximum atomic E-state index is 10.7. The van der Waals surface area contributed by atoms with E-state index in [-0.39, 0.29) is 0 Å². The molecule has 19 heavy (non-hydrogen) atoms. The summed E-state index contributed by atoms with van der Waals surface area (Å²) in [6.45, 7) is 5.69. The summed E-state index contributed by atoms with van der Waals surface area (Å²) in [7, 11) is 4.78. The molecular weight excluding hydrogens is 244 g/mol. The zero-order valence-corrected chi connectivity index (χ0v) is 12.6. The highest BCUT2D eigenvalue weighted by Gasteiger charge is 2.29. The minimum Gasteiger partial charge on any atom is -0.496 e. The Morgan fingerprint density at radius 2 is 1.68 bits per heavy atom. The van der Waals surface area contributed by atoms with Crippen molar-refractivity contribution in [3.8, 4) is 5.75 Å². The standard InChI is InChI=1S/C15H24O4/c1-10-8-13(17-4)11(2)7-12(10)15(3,16)9-14(18-5)19-6/h7-8,14,16H,9H2,1-6H3. The quantitative estimate of drug-likeness (QED) is 0.805. The van der Waals surface area contributed by atoms with Crippen molar-refractivity contribution in [1.82, 2.24) is 0 Å². The van der Waals surface area contributed by atoms with Crippen LogP contribution in [0.3, 0.4) is 0 Å². The van der Waals surface area contributed by atoms with Gasteiger partial charge in [0.25, 0.3) is 0 Å². The molecule has 0 saturated heterocycles. The lowest BCUT2D eigenvalue weighted by atomic mass is 9.87. The zero-order chi connectivity index (χ0) is 14.6. The summed E-state index contributed by atoms with van der Waals surface area (Å²) in [4.78, 5) is 0. The fourth-order valence-corrected chi connectivity index (χ4v) is 2.29. The van der Waals surface area contributed by atoms with Crippen molar-refractivity contribution in [2.75, 3.05) is 21.3 Å². The topological polar surface area (TPSA) is 47.9 Å². The zero-order valence-electron chi connectivity index (χ0n) is 12.6. The Labute approximate surface area is 115 Å². The van der Waals surface area contributed by atoms with Crippen molar-refractivity contribution in [2.45, 2.75) is 39.1 Å². The SMILES string of the molecule is COc1cc(C)c(C(C)(O)CC(OC)OC)cc1C. The molecule has 1 unspecified atom stereocenters. The maximum absolute atomic E-state index is 10.7. The number of methoxy groups -OCH3 is 3. The van der Waals surface area contributed by atoms with Crippen LogP contribution in [0, 0.1) is 13.8 Å². The first-order chi connectivity index (χ1) is 8.85. The molecule has 1 N–H and O–H groups in total. The second kappa shape index (κ2) is 6.37. The summed E-state index contributed by atoms with van der Waals surface area (Å²) in [5.74, 6) is 0.826. The summed E-state index contributed by atoms with van der Waals surface area (Å²) >= 11 is 0. The molecule has 0 aliphatic carbocycles. The minimum absolute atomic E-state index is 0.368. The van der Waals surface area contributed by atoms with Crippen LogP contribution in [0.1, 0.15) is 30.0 Å². The van der Waals surface area contributed by atoms with E-state index in [1.165, 1.54) is 0 Å². The Morgan fingerprint density at radius 1 is 1.11 bits per heavy atom. The van der Waals surface area contributed by atoms with Gasteiger partial charge in [-0.1, -0.05) is 0 Å². The Kier molecular flexibility index (Phi) is 5.35. The van der Waals surface area contributed by atoms with E-state index < -0.39 is 11.9 Å². The molecule has 108 valence electrons. The van der Waals surface area contributed by atoms with E-state index in [9.17, 15) is 5.11 Å². The summed E-state index contributed by atoms with van der Waals surface area (Å²) in [6, 6.07) is 3.89. The fourth-order valence-electron chi connectivity index (χ4n) is 2.29. The van der Waals surface area contributed by atoms with E-state index in [0.29, 0.717) is 6.42 Å². The molecule has 1 aromatic carbocycles. The van der Waals surface area contributed by atoms with Gasteiger partial charge in [0, 0.05) is 20.6 Å². The molecule has 4 heteroatoms. The molecule has 1 rings (SSSR count). The normalized spacial score (nSPS) is 14.5. The monoisotopic (exact) mass is 268 g/mol. The van der Waals surface area contributed by atoms with Gasteiger partial charge in [-0.2, -0.15) is 0 Å². The third kappa shape index (κ3) is 3.69. The molecule has 0 bridgehead atoms. The van der Waals surface area contributed by atoms with Crippen LogP contribution < -0.4 is 4.74 Å². The highest BCUT2D eigenvalue weighted by Crippen LogP contribution is 2.33. The first-order valence-corrected chi connectivity index (χ1v) is 6.29. The predicted molar refractivity (Wildman–Crippen MR) is 74.5 cm³/mol. The second-order valence-corrected chi connectivity index (χ2v) is 5.02. The van der Waals surface area contributed by atoms with Crippen molar-refractivity contribution in [3.05, 3.63) is 28.8 Å². The molecule has 4 nitrogen and oxygen atoms in total. The van der Waals surface area contributed by atoms with Gasteiger partial charge in [-0.3, -0.25) is 0 Å². The van der Waals surface area contributed by atoms with Gasteiger partial charge in [-0.15, -0.1) is 0 Å². The summed E-state index contributed by atoms with van der Waals surface area (Å²) in [6.07, 6.45) is -0.0658. The third-order valence-electron chi connectivity index (χ3n) is 3.41. The molecule has 0 radical (unpaired) electrons. The smallest absolute Gasteiger partial charge is 0.159 e. The minimum atomic E-state index is -1.02. The Bertz CT molecular complexity index is 422. The lowest BCUT2D eigenvalue weighted by molar-refractivity contribution is -0.142. The molecule has 0 aromatic heterocycles. The fraction of sp³-hybridized carbons (Fsp3) is 0.600. The molecule has 0 aliphatic heterocycles. The molecule has 0 aliphatic rings. The van der Waals surface area contributed by atoms with Crippen molar-refractivity contribution in [1.29, 1.82) is 0 Å². The molecule has 0 spiro atoms. The van der Waals surface area contributed by atoms with Gasteiger partial charge >= 0.3 is 0 Å². The summed E-state index contributed by atoms with van der Waals surface area (Å²) < 4.78 is 15.6. The first-order valence-electron chi connectivity index (χ1n) is 6.29. The van der Waals surface area contributed by atoms with Crippen LogP contribution in [0.2, 0.25) is 0 Å². The summed E-state index contributed by atoms with van der Waals surface area (Å²) in [5.41, 5.74) is 1.83. The van der Waals surface area contributed by atoms with Crippen LogP contribution in [0.25, 0.3) is 0 Å². The Balaban J connectivity index is 3.10. The number of aliphatic hydroxyl groups is 1. The summed E-state index contributed by atoms with van der Waals surface area (Å²) in [5, 5.41) is 10.7. The maximum Gasteiger partial charge on any atom is 0.159 e. The molecular formula is C15H24O4. The van der Waals surface area contributed by atoms with Crippen molar-refractivity contribution in [3.63, 3.8) is 0 Å². The van der Waals surface area contributed by atoms with Crippen LogP contribution in [0.4, 0.5) is 0 Å². The lowest BCUT2D eigenvalue weighted by Gasteiger charge is -2.29. The average molecular weight is 268 g/mol. The highest BCUT2D eigenvalue weighted by atomic mass is 16.7. The van der Waals surface area contributed by atoms with E-state index in [4.69, 9.17) is 14.2 Å². The largest absolute Gasteiger partial charge is 0.496 e. The number of hydrogen-bond acceptors (Lipinski definition) is 4. The van der Waals surface area contributed by atoms with E-state index in [1.807, 2.05) is 26.0 Å². The van der Waals surface area contributed by atoms with Gasteiger partial charge in [0.1, 0.15) is 5.75 Å². The van der Waals surface area contributed by atoms with Crippen molar-refractivity contribution < 1.29 is 19.3 Å². The molecule has 0 heterocycles. The van der Waals surface area contributed by atoms with Crippen LogP contribution in [0.15, 0.2) is 12.1 Å². The van der Waals surface area contributed by atoms with E-state index >= 15 is 0 Å². The lowest BCUT2D eigenvalue weighted by Crippen LogP contribution is -2.30. The van der Waals surface area contributed by atoms with Gasteiger partial charge in [0.2, 0.25) is 0 Å². The number of rotatable bonds is 6. The molecule has 1 atom stereocenters. The number of hydrogen-bond donors (Lipinski definition) is 1. The molecule has 0 saturated carbocycles. The van der Waals surface area contributed by atoms with Gasteiger partial charge < -0.3 is 19.3 Å². The predicted octanol–water partition coefficient (Wildman–Crippen LogP) is 2.53. The third-order valence-corrected chi connectivity index (χ3v) is 3.41. The van der Waals surface area contributed by atoms with Crippen LogP contribution in [-0.2, 0) is 15.1 Å². The van der Waals surface area contributed by atoms with Gasteiger partial charge in [0.05, 0.1) is 12.7 Å². The van der Waals surface area contributed by atoms with Crippen molar-refractivity contribution in [2.24, 2.45) is 0 Å². The van der Waals surface area contributed by atoms with E-state index in [2.05, 4.69) is 0 Å². The van der Waals surface area contributed by atoms with Gasteiger partial charge in [0.15, 0.2) is 6.29 Å². The van der Waals surface area contributed by atoms with Gasteiger partial charge in [-0.05, 0) is 49.6 Å². The van der Waals surface area contributed by atoms with Crippen LogP contribution >= 0.6 is 0 Å². The number of ether oxygens (including phenoxy) is 3. The molecule has 0 fully saturated rings. The number of benzene rings is 1. The van der Waals surface area contributed by atoms with Gasteiger partial charge in [-0.25, -0.2) is 0 Å².